The Kier molecular flexibility index (Phi) is 3.22. The third-order valence-electron chi connectivity index (χ3n) is 3.23. The molecule has 2 nitrogen and oxygen atoms in total. The lowest BCUT2D eigenvalue weighted by Gasteiger charge is -2.25. The molecule has 0 N–H and O–H groups in total. The van der Waals surface area contributed by atoms with Crippen molar-refractivity contribution in [2.45, 2.75) is 37.7 Å². The molecular formula is C12H16O2S. The molecule has 0 bridgehead atoms. The Hall–Kier alpha value is -0.670. The molecule has 0 saturated heterocycles. The summed E-state index contributed by atoms with van der Waals surface area (Å²) in [5.41, 5.74) is -0.468. The molecule has 1 aromatic rings. The molecular weight excluding hydrogens is 208 g/mol. The molecule has 2 rings (SSSR count). The van der Waals surface area contributed by atoms with Gasteiger partial charge in [-0.2, -0.15) is 0 Å². The summed E-state index contributed by atoms with van der Waals surface area (Å²) in [4.78, 5) is 13.3. The van der Waals surface area contributed by atoms with Gasteiger partial charge in [0, 0.05) is 18.4 Å². The van der Waals surface area contributed by atoms with Crippen LogP contribution in [0.5, 0.6) is 0 Å². The van der Waals surface area contributed by atoms with Crippen LogP contribution in [0.4, 0.5) is 0 Å². The van der Waals surface area contributed by atoms with Gasteiger partial charge in [0.05, 0.1) is 0 Å². The van der Waals surface area contributed by atoms with Crippen molar-refractivity contribution in [3.8, 4) is 0 Å². The zero-order valence-corrected chi connectivity index (χ0v) is 9.81. The van der Waals surface area contributed by atoms with Crippen LogP contribution in [0.15, 0.2) is 17.5 Å². The summed E-state index contributed by atoms with van der Waals surface area (Å²) in [5, 5.41) is 2.01. The number of hydrogen-bond donors (Lipinski definition) is 0. The van der Waals surface area contributed by atoms with Crippen molar-refractivity contribution in [1.29, 1.82) is 0 Å². The van der Waals surface area contributed by atoms with E-state index in [4.69, 9.17) is 4.74 Å². The first-order valence-corrected chi connectivity index (χ1v) is 6.26. The molecule has 0 unspecified atom stereocenters. The Balaban J connectivity index is 2.06. The van der Waals surface area contributed by atoms with E-state index in [0.717, 1.165) is 30.6 Å². The number of rotatable bonds is 4. The normalized spacial score (nSPS) is 19.3. The number of thiophene rings is 1. The number of ketones is 1. The Morgan fingerprint density at radius 2 is 2.27 bits per heavy atom. The van der Waals surface area contributed by atoms with Crippen LogP contribution >= 0.6 is 11.3 Å². The lowest BCUT2D eigenvalue weighted by atomic mass is 9.93. The molecule has 1 saturated carbocycles. The minimum Gasteiger partial charge on any atom is -0.370 e. The fraction of sp³-hybridized carbons (Fsp3) is 0.583. The molecule has 1 fully saturated rings. The van der Waals surface area contributed by atoms with Crippen molar-refractivity contribution in [3.05, 3.63) is 22.4 Å². The molecule has 82 valence electrons. The van der Waals surface area contributed by atoms with Gasteiger partial charge in [-0.25, -0.2) is 0 Å². The highest BCUT2D eigenvalue weighted by atomic mass is 32.1. The molecule has 0 aliphatic heterocycles. The SMILES string of the molecule is COC1(C(=O)Cc2cccs2)CCCC1. The largest absolute Gasteiger partial charge is 0.370 e. The van der Waals surface area contributed by atoms with E-state index < -0.39 is 5.60 Å². The third kappa shape index (κ3) is 2.13. The second kappa shape index (κ2) is 4.45. The van der Waals surface area contributed by atoms with E-state index in [2.05, 4.69) is 0 Å². The van der Waals surface area contributed by atoms with Crippen LogP contribution < -0.4 is 0 Å². The highest BCUT2D eigenvalue weighted by molar-refractivity contribution is 7.10. The number of carbonyl (C=O) groups excluding carboxylic acids is 1. The van der Waals surface area contributed by atoms with Crippen LogP contribution in [0.2, 0.25) is 0 Å². The van der Waals surface area contributed by atoms with Crippen molar-refractivity contribution >= 4 is 17.1 Å². The van der Waals surface area contributed by atoms with E-state index in [9.17, 15) is 4.79 Å². The zero-order chi connectivity index (χ0) is 10.7. The van der Waals surface area contributed by atoms with Crippen LogP contribution in [-0.4, -0.2) is 18.5 Å². The second-order valence-electron chi connectivity index (χ2n) is 4.08. The lowest BCUT2D eigenvalue weighted by Crippen LogP contribution is -2.38. The molecule has 3 heteroatoms. The van der Waals surface area contributed by atoms with Gasteiger partial charge >= 0.3 is 0 Å². The second-order valence-corrected chi connectivity index (χ2v) is 5.12. The van der Waals surface area contributed by atoms with Crippen molar-refractivity contribution in [2.75, 3.05) is 7.11 Å². The Labute approximate surface area is 94.3 Å². The smallest absolute Gasteiger partial charge is 0.169 e. The fourth-order valence-corrected chi connectivity index (χ4v) is 2.98. The fourth-order valence-electron chi connectivity index (χ4n) is 2.28. The minimum atomic E-state index is -0.468. The third-order valence-corrected chi connectivity index (χ3v) is 4.10. The summed E-state index contributed by atoms with van der Waals surface area (Å²) in [6.45, 7) is 0. The molecule has 1 aliphatic rings. The molecule has 1 heterocycles. The van der Waals surface area contributed by atoms with Crippen molar-refractivity contribution in [3.63, 3.8) is 0 Å². The molecule has 0 aromatic carbocycles. The molecule has 1 aliphatic carbocycles. The lowest BCUT2D eigenvalue weighted by molar-refractivity contribution is -0.139. The summed E-state index contributed by atoms with van der Waals surface area (Å²) >= 11 is 1.64. The van der Waals surface area contributed by atoms with Crippen molar-refractivity contribution in [1.82, 2.24) is 0 Å². The van der Waals surface area contributed by atoms with Crippen LogP contribution in [0.1, 0.15) is 30.6 Å². The van der Waals surface area contributed by atoms with Gasteiger partial charge in [-0.15, -0.1) is 11.3 Å². The van der Waals surface area contributed by atoms with E-state index in [0.29, 0.717) is 6.42 Å². The van der Waals surface area contributed by atoms with E-state index in [1.165, 1.54) is 0 Å². The van der Waals surface area contributed by atoms with Crippen LogP contribution in [0, 0.1) is 0 Å². The van der Waals surface area contributed by atoms with Gasteiger partial charge in [0.1, 0.15) is 5.60 Å². The first-order valence-electron chi connectivity index (χ1n) is 5.38. The van der Waals surface area contributed by atoms with Crippen LogP contribution in [0.25, 0.3) is 0 Å². The topological polar surface area (TPSA) is 26.3 Å². The molecule has 0 amide bonds. The van der Waals surface area contributed by atoms with Gasteiger partial charge in [-0.3, -0.25) is 4.79 Å². The number of hydrogen-bond acceptors (Lipinski definition) is 3. The predicted molar refractivity (Wildman–Crippen MR) is 61.2 cm³/mol. The average molecular weight is 224 g/mol. The number of Topliss-reactive ketones (excluding diaryl/α,β-unsaturated/α-hetero) is 1. The van der Waals surface area contributed by atoms with Gasteiger partial charge in [-0.1, -0.05) is 6.07 Å². The molecule has 15 heavy (non-hydrogen) atoms. The molecule has 1 aromatic heterocycles. The monoisotopic (exact) mass is 224 g/mol. The van der Waals surface area contributed by atoms with Crippen LogP contribution in [0.3, 0.4) is 0 Å². The van der Waals surface area contributed by atoms with Gasteiger partial charge in [0.15, 0.2) is 5.78 Å². The summed E-state index contributed by atoms with van der Waals surface area (Å²) in [6.07, 6.45) is 4.56. The van der Waals surface area contributed by atoms with Gasteiger partial charge < -0.3 is 4.74 Å². The molecule has 0 spiro atoms. The maximum atomic E-state index is 12.1. The van der Waals surface area contributed by atoms with E-state index in [-0.39, 0.29) is 5.78 Å². The van der Waals surface area contributed by atoms with Crippen molar-refractivity contribution < 1.29 is 9.53 Å². The highest BCUT2D eigenvalue weighted by Gasteiger charge is 2.40. The van der Waals surface area contributed by atoms with Gasteiger partial charge in [0.2, 0.25) is 0 Å². The van der Waals surface area contributed by atoms with E-state index in [1.54, 1.807) is 18.4 Å². The quantitative estimate of drug-likeness (QED) is 0.786. The first-order chi connectivity index (χ1) is 7.27. The average Bonchev–Trinajstić information content (AvgIpc) is 2.87. The summed E-state index contributed by atoms with van der Waals surface area (Å²) in [6, 6.07) is 4.00. The standard InChI is InChI=1S/C12H16O2S/c1-14-12(6-2-3-7-12)11(13)9-10-5-4-8-15-10/h4-5,8H,2-3,6-7,9H2,1H3. The van der Waals surface area contributed by atoms with Gasteiger partial charge in [0.25, 0.3) is 0 Å². The predicted octanol–water partition coefficient (Wildman–Crippen LogP) is 2.82. The summed E-state index contributed by atoms with van der Waals surface area (Å²) < 4.78 is 5.46. The van der Waals surface area contributed by atoms with Gasteiger partial charge in [-0.05, 0) is 37.1 Å². The molecule has 0 atom stereocenters. The Morgan fingerprint density at radius 1 is 1.53 bits per heavy atom. The van der Waals surface area contributed by atoms with Crippen molar-refractivity contribution in [2.24, 2.45) is 0 Å². The zero-order valence-electron chi connectivity index (χ0n) is 8.99. The maximum absolute atomic E-state index is 12.1. The minimum absolute atomic E-state index is 0.255. The molecule has 0 radical (unpaired) electrons. The number of methoxy groups -OCH3 is 1. The highest BCUT2D eigenvalue weighted by Crippen LogP contribution is 2.34. The summed E-state index contributed by atoms with van der Waals surface area (Å²) in [5.74, 6) is 0.255. The number of carbonyl (C=O) groups is 1. The van der Waals surface area contributed by atoms with E-state index >= 15 is 0 Å². The van der Waals surface area contributed by atoms with E-state index in [1.807, 2.05) is 17.5 Å². The first kappa shape index (κ1) is 10.8. The Morgan fingerprint density at radius 3 is 2.80 bits per heavy atom. The Bertz CT molecular complexity index is 323. The van der Waals surface area contributed by atoms with Crippen LogP contribution in [-0.2, 0) is 16.0 Å². The summed E-state index contributed by atoms with van der Waals surface area (Å²) in [7, 11) is 1.66. The number of ether oxygens (including phenoxy) is 1. The maximum Gasteiger partial charge on any atom is 0.169 e.